The number of nitro groups is 2. The zero-order valence-corrected chi connectivity index (χ0v) is 15.1. The third-order valence-corrected chi connectivity index (χ3v) is 4.49. The number of ether oxygens (including phenoxy) is 1. The molecule has 0 radical (unpaired) electrons. The molecule has 1 aliphatic heterocycles. The molecule has 3 aromatic rings. The smallest absolute Gasteiger partial charge is 0.300 e. The summed E-state index contributed by atoms with van der Waals surface area (Å²) in [7, 11) is 0. The van der Waals surface area contributed by atoms with Gasteiger partial charge in [-0.1, -0.05) is 18.2 Å². The van der Waals surface area contributed by atoms with Crippen molar-refractivity contribution in [2.45, 2.75) is 0 Å². The van der Waals surface area contributed by atoms with Gasteiger partial charge in [0.1, 0.15) is 5.69 Å². The van der Waals surface area contributed by atoms with Crippen LogP contribution >= 0.6 is 0 Å². The highest BCUT2D eigenvalue weighted by Gasteiger charge is 2.31. The van der Waals surface area contributed by atoms with E-state index in [-0.39, 0.29) is 23.0 Å². The number of hydrogen-bond donors (Lipinski definition) is 0. The van der Waals surface area contributed by atoms with Crippen LogP contribution in [0.3, 0.4) is 0 Å². The molecule has 0 N–H and O–H groups in total. The molecule has 148 valence electrons. The maximum absolute atomic E-state index is 11.7. The SMILES string of the molecule is O=[N+]([O-])c1cc(-c2nnc(-c3ccccc3)o2)c(N2CCOCC2)c([N+](=O)[O-])c1. The minimum Gasteiger partial charge on any atom is -0.416 e. The molecule has 0 spiro atoms. The highest BCUT2D eigenvalue weighted by Crippen LogP contribution is 2.42. The maximum atomic E-state index is 11.7. The van der Waals surface area contributed by atoms with Gasteiger partial charge in [0.25, 0.3) is 17.3 Å². The summed E-state index contributed by atoms with van der Waals surface area (Å²) in [5.74, 6) is 0.180. The third-order valence-electron chi connectivity index (χ3n) is 4.49. The van der Waals surface area contributed by atoms with Gasteiger partial charge < -0.3 is 14.1 Å². The van der Waals surface area contributed by atoms with Gasteiger partial charge in [0, 0.05) is 24.7 Å². The minimum absolute atomic E-state index is 0.0304. The quantitative estimate of drug-likeness (QED) is 0.469. The van der Waals surface area contributed by atoms with E-state index in [4.69, 9.17) is 9.15 Å². The summed E-state index contributed by atoms with van der Waals surface area (Å²) in [6.07, 6.45) is 0. The van der Waals surface area contributed by atoms with Crippen LogP contribution in [0.15, 0.2) is 46.9 Å². The van der Waals surface area contributed by atoms with Crippen LogP contribution in [0.2, 0.25) is 0 Å². The summed E-state index contributed by atoms with van der Waals surface area (Å²) in [6, 6.07) is 11.2. The molecule has 1 fully saturated rings. The van der Waals surface area contributed by atoms with E-state index < -0.39 is 21.2 Å². The van der Waals surface area contributed by atoms with E-state index in [1.54, 1.807) is 29.2 Å². The van der Waals surface area contributed by atoms with Crippen molar-refractivity contribution in [1.29, 1.82) is 0 Å². The highest BCUT2D eigenvalue weighted by molar-refractivity contribution is 5.84. The largest absolute Gasteiger partial charge is 0.416 e. The Morgan fingerprint density at radius 3 is 2.28 bits per heavy atom. The Labute approximate surface area is 163 Å². The van der Waals surface area contributed by atoms with Crippen LogP contribution < -0.4 is 4.90 Å². The Hall–Kier alpha value is -3.86. The van der Waals surface area contributed by atoms with Crippen LogP contribution in [0.5, 0.6) is 0 Å². The molecule has 11 heteroatoms. The van der Waals surface area contributed by atoms with Gasteiger partial charge in [0.05, 0.1) is 34.7 Å². The molecule has 1 saturated heterocycles. The van der Waals surface area contributed by atoms with Gasteiger partial charge in [0.2, 0.25) is 5.89 Å². The Balaban J connectivity index is 1.89. The first kappa shape index (κ1) is 18.5. The zero-order chi connectivity index (χ0) is 20.4. The van der Waals surface area contributed by atoms with E-state index in [2.05, 4.69) is 10.2 Å². The average molecular weight is 397 g/mol. The number of non-ortho nitro benzene ring substituents is 1. The van der Waals surface area contributed by atoms with Crippen molar-refractivity contribution < 1.29 is 19.0 Å². The first-order valence-corrected chi connectivity index (χ1v) is 8.73. The summed E-state index contributed by atoms with van der Waals surface area (Å²) >= 11 is 0. The van der Waals surface area contributed by atoms with Gasteiger partial charge >= 0.3 is 0 Å². The van der Waals surface area contributed by atoms with Gasteiger partial charge in [-0.25, -0.2) is 0 Å². The molecule has 4 rings (SSSR count). The van der Waals surface area contributed by atoms with Crippen molar-refractivity contribution in [3.05, 3.63) is 62.7 Å². The fraction of sp³-hybridized carbons (Fsp3) is 0.222. The van der Waals surface area contributed by atoms with E-state index in [1.165, 1.54) is 6.07 Å². The number of nitro benzene ring substituents is 2. The standard InChI is InChI=1S/C18H15N5O6/c24-22(25)13-10-14(18-20-19-17(29-18)12-4-2-1-3-5-12)16(15(11-13)23(26)27)21-6-8-28-9-7-21/h1-5,10-11H,6-9H2. The lowest BCUT2D eigenvalue weighted by molar-refractivity contribution is -0.393. The first-order valence-electron chi connectivity index (χ1n) is 8.73. The predicted octanol–water partition coefficient (Wildman–Crippen LogP) is 3.06. The van der Waals surface area contributed by atoms with Gasteiger partial charge in [0.15, 0.2) is 0 Å². The average Bonchev–Trinajstić information content (AvgIpc) is 3.24. The van der Waals surface area contributed by atoms with Crippen molar-refractivity contribution in [2.75, 3.05) is 31.2 Å². The van der Waals surface area contributed by atoms with Gasteiger partial charge in [-0.15, -0.1) is 10.2 Å². The van der Waals surface area contributed by atoms with Gasteiger partial charge in [-0.2, -0.15) is 0 Å². The van der Waals surface area contributed by atoms with Gasteiger partial charge in [-0.05, 0) is 12.1 Å². The number of aromatic nitrogens is 2. The molecule has 2 aromatic carbocycles. The van der Waals surface area contributed by atoms with Crippen LogP contribution in [0.25, 0.3) is 22.9 Å². The van der Waals surface area contributed by atoms with Crippen molar-refractivity contribution in [1.82, 2.24) is 10.2 Å². The topological polar surface area (TPSA) is 138 Å². The minimum atomic E-state index is -0.686. The van der Waals surface area contributed by atoms with Crippen LogP contribution in [0.4, 0.5) is 17.1 Å². The lowest BCUT2D eigenvalue weighted by atomic mass is 10.1. The second-order valence-corrected chi connectivity index (χ2v) is 6.25. The fourth-order valence-corrected chi connectivity index (χ4v) is 3.16. The molecule has 11 nitrogen and oxygen atoms in total. The fourth-order valence-electron chi connectivity index (χ4n) is 3.16. The molecule has 0 bridgehead atoms. The zero-order valence-electron chi connectivity index (χ0n) is 15.1. The molecular weight excluding hydrogens is 382 g/mol. The number of anilines is 1. The molecule has 0 amide bonds. The van der Waals surface area contributed by atoms with Crippen molar-refractivity contribution in [3.63, 3.8) is 0 Å². The number of nitrogens with zero attached hydrogens (tertiary/aromatic N) is 5. The molecule has 0 saturated carbocycles. The molecule has 1 aliphatic rings. The molecule has 0 unspecified atom stereocenters. The van der Waals surface area contributed by atoms with Crippen molar-refractivity contribution >= 4 is 17.1 Å². The normalized spacial score (nSPS) is 14.0. The summed E-state index contributed by atoms with van der Waals surface area (Å²) in [5, 5.41) is 31.1. The second kappa shape index (κ2) is 7.64. The Morgan fingerprint density at radius 1 is 0.931 bits per heavy atom. The number of morpholine rings is 1. The van der Waals surface area contributed by atoms with Gasteiger partial charge in [-0.3, -0.25) is 20.2 Å². The van der Waals surface area contributed by atoms with Crippen molar-refractivity contribution in [3.8, 4) is 22.9 Å². The van der Waals surface area contributed by atoms with Crippen molar-refractivity contribution in [2.24, 2.45) is 0 Å². The molecule has 2 heterocycles. The summed E-state index contributed by atoms with van der Waals surface area (Å²) in [4.78, 5) is 23.5. The Bertz CT molecular complexity index is 1060. The lowest BCUT2D eigenvalue weighted by Gasteiger charge is -2.29. The predicted molar refractivity (Wildman–Crippen MR) is 102 cm³/mol. The maximum Gasteiger partial charge on any atom is 0.300 e. The van der Waals surface area contributed by atoms with Crippen LogP contribution in [0, 0.1) is 20.2 Å². The van der Waals surface area contributed by atoms with Crippen LogP contribution in [0.1, 0.15) is 0 Å². The molecule has 0 aliphatic carbocycles. The van der Waals surface area contributed by atoms with E-state index in [0.29, 0.717) is 31.9 Å². The summed E-state index contributed by atoms with van der Waals surface area (Å²) in [5.41, 5.74) is 0.187. The van der Waals surface area contributed by atoms with E-state index in [1.807, 2.05) is 6.07 Å². The summed E-state index contributed by atoms with van der Waals surface area (Å²) < 4.78 is 11.1. The number of rotatable bonds is 5. The highest BCUT2D eigenvalue weighted by atomic mass is 16.6. The van der Waals surface area contributed by atoms with E-state index in [9.17, 15) is 20.2 Å². The Kier molecular flexibility index (Phi) is 4.87. The number of benzene rings is 2. The molecular formula is C18H15N5O6. The second-order valence-electron chi connectivity index (χ2n) is 6.25. The van der Waals surface area contributed by atoms with E-state index in [0.717, 1.165) is 6.07 Å². The third kappa shape index (κ3) is 3.62. The lowest BCUT2D eigenvalue weighted by Crippen LogP contribution is -2.37. The Morgan fingerprint density at radius 2 is 1.62 bits per heavy atom. The molecule has 0 atom stereocenters. The molecule has 1 aromatic heterocycles. The van der Waals surface area contributed by atoms with E-state index >= 15 is 0 Å². The first-order chi connectivity index (χ1) is 14.0. The monoisotopic (exact) mass is 397 g/mol. The molecule has 29 heavy (non-hydrogen) atoms. The summed E-state index contributed by atoms with van der Waals surface area (Å²) in [6.45, 7) is 1.55. The van der Waals surface area contributed by atoms with Crippen LogP contribution in [-0.4, -0.2) is 46.3 Å². The number of hydrogen-bond acceptors (Lipinski definition) is 9. The van der Waals surface area contributed by atoms with Crippen LogP contribution in [-0.2, 0) is 4.74 Å².